The molecule has 0 fully saturated rings. The molecule has 2 aromatic rings. The second-order valence-corrected chi connectivity index (χ2v) is 5.50. The van der Waals surface area contributed by atoms with Crippen molar-refractivity contribution in [2.24, 2.45) is 0 Å². The third-order valence-electron chi connectivity index (χ3n) is 2.66. The summed E-state index contributed by atoms with van der Waals surface area (Å²) in [7, 11) is -1.66. The molecule has 112 valence electrons. The average molecular weight is 312 g/mol. The van der Waals surface area contributed by atoms with Crippen LogP contribution in [0.4, 0.5) is 4.39 Å². The van der Waals surface area contributed by atoms with Crippen LogP contribution in [0, 0.1) is 5.82 Å². The van der Waals surface area contributed by atoms with Crippen LogP contribution in [0.2, 0.25) is 0 Å². The first kappa shape index (κ1) is 15.1. The number of para-hydroxylation sites is 1. The molecule has 21 heavy (non-hydrogen) atoms. The van der Waals surface area contributed by atoms with E-state index < -0.39 is 20.8 Å². The average Bonchev–Trinajstić information content (AvgIpc) is 2.47. The summed E-state index contributed by atoms with van der Waals surface area (Å²) in [5.41, 5.74) is 0. The Labute approximate surface area is 122 Å². The van der Waals surface area contributed by atoms with E-state index in [-0.39, 0.29) is 17.2 Å². The fourth-order valence-electron chi connectivity index (χ4n) is 1.67. The molecular formula is C14H13FO5S. The molecule has 0 saturated heterocycles. The van der Waals surface area contributed by atoms with Gasteiger partial charge in [0.15, 0.2) is 11.5 Å². The second kappa shape index (κ2) is 6.01. The third-order valence-corrected chi connectivity index (χ3v) is 3.92. The first-order valence-corrected chi connectivity index (χ1v) is 7.30. The van der Waals surface area contributed by atoms with Crippen LogP contribution in [-0.2, 0) is 10.1 Å². The highest BCUT2D eigenvalue weighted by Crippen LogP contribution is 2.32. The predicted octanol–water partition coefficient (Wildman–Crippen LogP) is 2.61. The summed E-state index contributed by atoms with van der Waals surface area (Å²) < 4.78 is 53.0. The zero-order chi connectivity index (χ0) is 15.5. The van der Waals surface area contributed by atoms with Crippen LogP contribution < -0.4 is 13.7 Å². The Balaban J connectivity index is 2.45. The van der Waals surface area contributed by atoms with E-state index in [9.17, 15) is 12.8 Å². The van der Waals surface area contributed by atoms with Crippen LogP contribution in [0.1, 0.15) is 0 Å². The van der Waals surface area contributed by atoms with E-state index in [0.717, 1.165) is 12.1 Å². The second-order valence-electron chi connectivity index (χ2n) is 3.99. The van der Waals surface area contributed by atoms with Crippen LogP contribution in [-0.4, -0.2) is 22.6 Å². The van der Waals surface area contributed by atoms with Crippen LogP contribution in [0.3, 0.4) is 0 Å². The molecular weight excluding hydrogens is 299 g/mol. The van der Waals surface area contributed by atoms with E-state index in [1.807, 2.05) is 0 Å². The van der Waals surface area contributed by atoms with E-state index in [1.54, 1.807) is 18.2 Å². The van der Waals surface area contributed by atoms with Gasteiger partial charge in [0.05, 0.1) is 14.2 Å². The van der Waals surface area contributed by atoms with Crippen LogP contribution >= 0.6 is 0 Å². The van der Waals surface area contributed by atoms with Crippen LogP contribution in [0.25, 0.3) is 0 Å². The van der Waals surface area contributed by atoms with Crippen molar-refractivity contribution < 1.29 is 26.5 Å². The lowest BCUT2D eigenvalue weighted by atomic mass is 10.3. The standard InChI is InChI=1S/C14H13FO5S/c1-18-12-8-11(15)14(9-13(12)19-2)21(16,17)20-10-6-4-3-5-7-10/h3-9H,1-2H3. The maximum absolute atomic E-state index is 14.0. The largest absolute Gasteiger partial charge is 0.493 e. The van der Waals surface area contributed by atoms with Gasteiger partial charge < -0.3 is 13.7 Å². The molecule has 0 amide bonds. The number of benzene rings is 2. The van der Waals surface area contributed by atoms with Crippen LogP contribution in [0.15, 0.2) is 47.4 Å². The molecule has 0 radical (unpaired) electrons. The molecule has 0 heterocycles. The fraction of sp³-hybridized carbons (Fsp3) is 0.143. The van der Waals surface area contributed by atoms with Crippen molar-refractivity contribution >= 4 is 10.1 Å². The van der Waals surface area contributed by atoms with Gasteiger partial charge >= 0.3 is 10.1 Å². The lowest BCUT2D eigenvalue weighted by Gasteiger charge is -2.12. The molecule has 0 unspecified atom stereocenters. The topological polar surface area (TPSA) is 61.8 Å². The Morgan fingerprint density at radius 3 is 2.10 bits per heavy atom. The predicted molar refractivity (Wildman–Crippen MR) is 73.8 cm³/mol. The number of methoxy groups -OCH3 is 2. The summed E-state index contributed by atoms with van der Waals surface area (Å²) in [6.07, 6.45) is 0. The normalized spacial score (nSPS) is 11.0. The summed E-state index contributed by atoms with van der Waals surface area (Å²) in [5.74, 6) is -0.710. The minimum atomic E-state index is -4.31. The number of ether oxygens (including phenoxy) is 2. The molecule has 0 bridgehead atoms. The van der Waals surface area contributed by atoms with Gasteiger partial charge in [-0.2, -0.15) is 8.42 Å². The Hall–Kier alpha value is -2.28. The van der Waals surface area contributed by atoms with E-state index >= 15 is 0 Å². The van der Waals surface area contributed by atoms with E-state index in [4.69, 9.17) is 13.7 Å². The van der Waals surface area contributed by atoms with Crippen molar-refractivity contribution in [1.82, 2.24) is 0 Å². The van der Waals surface area contributed by atoms with E-state index in [2.05, 4.69) is 0 Å². The minimum Gasteiger partial charge on any atom is -0.493 e. The lowest BCUT2D eigenvalue weighted by molar-refractivity contribution is 0.349. The van der Waals surface area contributed by atoms with Crippen molar-refractivity contribution in [2.75, 3.05) is 14.2 Å². The molecule has 0 aromatic heterocycles. The summed E-state index contributed by atoms with van der Waals surface area (Å²) >= 11 is 0. The summed E-state index contributed by atoms with van der Waals surface area (Å²) in [6.45, 7) is 0. The molecule has 0 saturated carbocycles. The highest BCUT2D eigenvalue weighted by molar-refractivity contribution is 7.87. The molecule has 2 rings (SSSR count). The summed E-state index contributed by atoms with van der Waals surface area (Å²) in [4.78, 5) is -0.621. The zero-order valence-electron chi connectivity index (χ0n) is 11.4. The Morgan fingerprint density at radius 1 is 0.952 bits per heavy atom. The molecule has 0 atom stereocenters. The molecule has 2 aromatic carbocycles. The maximum Gasteiger partial charge on any atom is 0.342 e. The summed E-state index contributed by atoms with van der Waals surface area (Å²) in [6, 6.07) is 9.78. The van der Waals surface area contributed by atoms with Gasteiger partial charge in [-0.1, -0.05) is 18.2 Å². The Kier molecular flexibility index (Phi) is 4.32. The molecule has 0 aliphatic rings. The van der Waals surface area contributed by atoms with Gasteiger partial charge in [0.1, 0.15) is 16.5 Å². The molecule has 0 N–H and O–H groups in total. The number of rotatable bonds is 5. The Morgan fingerprint density at radius 2 is 1.52 bits per heavy atom. The Bertz CT molecular complexity index is 729. The smallest absolute Gasteiger partial charge is 0.342 e. The lowest BCUT2D eigenvalue weighted by Crippen LogP contribution is -2.12. The van der Waals surface area contributed by atoms with Gasteiger partial charge in [0, 0.05) is 12.1 Å². The number of hydrogen-bond donors (Lipinski definition) is 0. The van der Waals surface area contributed by atoms with Crippen molar-refractivity contribution in [3.8, 4) is 17.2 Å². The van der Waals surface area contributed by atoms with Gasteiger partial charge in [-0.25, -0.2) is 4.39 Å². The van der Waals surface area contributed by atoms with E-state index in [1.165, 1.54) is 26.4 Å². The summed E-state index contributed by atoms with van der Waals surface area (Å²) in [5, 5.41) is 0. The SMILES string of the molecule is COc1cc(F)c(S(=O)(=O)Oc2ccccc2)cc1OC. The van der Waals surface area contributed by atoms with Crippen molar-refractivity contribution in [3.05, 3.63) is 48.3 Å². The molecule has 0 aliphatic carbocycles. The first-order valence-electron chi connectivity index (χ1n) is 5.89. The van der Waals surface area contributed by atoms with Gasteiger partial charge in [-0.05, 0) is 12.1 Å². The zero-order valence-corrected chi connectivity index (χ0v) is 12.2. The van der Waals surface area contributed by atoms with E-state index in [0.29, 0.717) is 0 Å². The van der Waals surface area contributed by atoms with Gasteiger partial charge in [0.25, 0.3) is 0 Å². The fourth-order valence-corrected chi connectivity index (χ4v) is 2.68. The highest BCUT2D eigenvalue weighted by Gasteiger charge is 2.24. The maximum atomic E-state index is 14.0. The van der Waals surface area contributed by atoms with Crippen molar-refractivity contribution in [2.45, 2.75) is 4.90 Å². The van der Waals surface area contributed by atoms with Gasteiger partial charge in [0.2, 0.25) is 0 Å². The minimum absolute atomic E-state index is 0.0895. The molecule has 5 nitrogen and oxygen atoms in total. The van der Waals surface area contributed by atoms with Crippen LogP contribution in [0.5, 0.6) is 17.2 Å². The highest BCUT2D eigenvalue weighted by atomic mass is 32.2. The first-order chi connectivity index (χ1) is 9.97. The number of halogens is 1. The van der Waals surface area contributed by atoms with Gasteiger partial charge in [-0.3, -0.25) is 0 Å². The number of hydrogen-bond acceptors (Lipinski definition) is 5. The molecule has 0 spiro atoms. The van der Waals surface area contributed by atoms with Crippen molar-refractivity contribution in [1.29, 1.82) is 0 Å². The monoisotopic (exact) mass is 312 g/mol. The third kappa shape index (κ3) is 3.25. The quantitative estimate of drug-likeness (QED) is 0.794. The molecule has 0 aliphatic heterocycles. The molecule has 7 heteroatoms. The van der Waals surface area contributed by atoms with Crippen molar-refractivity contribution in [3.63, 3.8) is 0 Å². The van der Waals surface area contributed by atoms with Gasteiger partial charge in [-0.15, -0.1) is 0 Å².